The molecule has 0 heterocycles. The van der Waals surface area contributed by atoms with Crippen molar-refractivity contribution < 1.29 is 29.4 Å². The van der Waals surface area contributed by atoms with Gasteiger partial charge in [-0.25, -0.2) is 0 Å². The molecule has 0 rings (SSSR count). The molecule has 0 bridgehead atoms. The highest BCUT2D eigenvalue weighted by Gasteiger charge is 2.16. The zero-order chi connectivity index (χ0) is 14.8. The Bertz CT molecular complexity index is 330. The SMILES string of the molecule is N[C@H](C=O)CCNC(=O)CN(CC(=O)O)CC(=O)O. The molecule has 19 heavy (non-hydrogen) atoms. The van der Waals surface area contributed by atoms with Gasteiger partial charge < -0.3 is 26.1 Å². The molecule has 9 nitrogen and oxygen atoms in total. The van der Waals surface area contributed by atoms with Crippen LogP contribution in [0.5, 0.6) is 0 Å². The van der Waals surface area contributed by atoms with Crippen LogP contribution in [0.1, 0.15) is 6.42 Å². The molecule has 0 saturated heterocycles. The lowest BCUT2D eigenvalue weighted by molar-refractivity contribution is -0.142. The van der Waals surface area contributed by atoms with Crippen LogP contribution in [0.25, 0.3) is 0 Å². The van der Waals surface area contributed by atoms with E-state index in [-0.39, 0.29) is 19.5 Å². The lowest BCUT2D eigenvalue weighted by Crippen LogP contribution is -2.43. The monoisotopic (exact) mass is 275 g/mol. The summed E-state index contributed by atoms with van der Waals surface area (Å²) in [5.74, 6) is -2.98. The molecule has 0 aliphatic carbocycles. The maximum Gasteiger partial charge on any atom is 0.317 e. The van der Waals surface area contributed by atoms with Crippen molar-refractivity contribution in [2.24, 2.45) is 5.73 Å². The van der Waals surface area contributed by atoms with Crippen LogP contribution in [-0.4, -0.2) is 71.5 Å². The molecule has 0 aromatic heterocycles. The molecule has 0 aromatic rings. The Hall–Kier alpha value is -2.00. The molecule has 0 spiro atoms. The highest BCUT2D eigenvalue weighted by Crippen LogP contribution is 1.89. The van der Waals surface area contributed by atoms with E-state index in [1.165, 1.54) is 0 Å². The van der Waals surface area contributed by atoms with Crippen molar-refractivity contribution in [2.75, 3.05) is 26.2 Å². The van der Waals surface area contributed by atoms with Gasteiger partial charge in [0, 0.05) is 6.54 Å². The minimum absolute atomic E-state index is 0.159. The standard InChI is InChI=1S/C10H17N3O6/c11-7(6-14)1-2-12-8(15)3-13(4-9(16)17)5-10(18)19/h6-7H,1-5,11H2,(H,12,15)(H,16,17)(H,18,19)/t7-/m0/s1. The number of carbonyl (C=O) groups excluding carboxylic acids is 2. The third kappa shape index (κ3) is 9.68. The second kappa shape index (κ2) is 9.00. The fourth-order valence-electron chi connectivity index (χ4n) is 1.26. The number of carboxylic acid groups (broad SMARTS) is 2. The first-order chi connectivity index (χ1) is 8.85. The number of nitrogens with zero attached hydrogens (tertiary/aromatic N) is 1. The Kier molecular flexibility index (Phi) is 8.05. The number of amides is 1. The van der Waals surface area contributed by atoms with E-state index in [1.54, 1.807) is 0 Å². The predicted molar refractivity (Wildman–Crippen MR) is 63.4 cm³/mol. The fourth-order valence-corrected chi connectivity index (χ4v) is 1.26. The number of carboxylic acids is 2. The maximum absolute atomic E-state index is 11.4. The Balaban J connectivity index is 4.11. The quantitative estimate of drug-likeness (QED) is 0.319. The summed E-state index contributed by atoms with van der Waals surface area (Å²) in [5.41, 5.74) is 5.31. The molecule has 0 fully saturated rings. The number of aliphatic carboxylic acids is 2. The average Bonchev–Trinajstić information content (AvgIpc) is 2.26. The molecule has 108 valence electrons. The van der Waals surface area contributed by atoms with E-state index in [0.717, 1.165) is 4.90 Å². The summed E-state index contributed by atoms with van der Waals surface area (Å²) in [6.07, 6.45) is 0.806. The lowest BCUT2D eigenvalue weighted by atomic mass is 10.2. The van der Waals surface area contributed by atoms with Crippen molar-refractivity contribution in [3.8, 4) is 0 Å². The van der Waals surface area contributed by atoms with Gasteiger partial charge in [0.25, 0.3) is 0 Å². The molecule has 5 N–H and O–H groups in total. The summed E-state index contributed by atoms with van der Waals surface area (Å²) in [6.45, 7) is -1.29. The minimum atomic E-state index is -1.22. The molecule has 0 unspecified atom stereocenters. The van der Waals surface area contributed by atoms with Crippen molar-refractivity contribution in [1.82, 2.24) is 10.2 Å². The fraction of sp³-hybridized carbons (Fsp3) is 0.600. The summed E-state index contributed by atoms with van der Waals surface area (Å²) in [4.78, 5) is 43.6. The number of hydrogen-bond donors (Lipinski definition) is 4. The van der Waals surface area contributed by atoms with Crippen LogP contribution in [0, 0.1) is 0 Å². The van der Waals surface area contributed by atoms with E-state index in [0.29, 0.717) is 6.29 Å². The third-order valence-electron chi connectivity index (χ3n) is 2.06. The second-order valence-corrected chi connectivity index (χ2v) is 3.87. The average molecular weight is 275 g/mol. The van der Waals surface area contributed by atoms with Gasteiger partial charge in [0.1, 0.15) is 6.29 Å². The molecule has 0 aromatic carbocycles. The Morgan fingerprint density at radius 1 is 1.16 bits per heavy atom. The predicted octanol–water partition coefficient (Wildman–Crippen LogP) is -2.51. The Morgan fingerprint density at radius 3 is 2.11 bits per heavy atom. The molecule has 1 atom stereocenters. The summed E-state index contributed by atoms with van der Waals surface area (Å²) < 4.78 is 0. The first kappa shape index (κ1) is 17.0. The maximum atomic E-state index is 11.4. The smallest absolute Gasteiger partial charge is 0.317 e. The van der Waals surface area contributed by atoms with Crippen molar-refractivity contribution in [2.45, 2.75) is 12.5 Å². The first-order valence-electron chi connectivity index (χ1n) is 5.48. The van der Waals surface area contributed by atoms with Crippen LogP contribution < -0.4 is 11.1 Å². The van der Waals surface area contributed by atoms with Crippen molar-refractivity contribution in [3.05, 3.63) is 0 Å². The number of nitrogens with one attached hydrogen (secondary N) is 1. The zero-order valence-electron chi connectivity index (χ0n) is 10.2. The lowest BCUT2D eigenvalue weighted by Gasteiger charge is -2.17. The number of carbonyl (C=O) groups is 4. The molecule has 1 amide bonds. The van der Waals surface area contributed by atoms with Crippen LogP contribution >= 0.6 is 0 Å². The number of aldehydes is 1. The van der Waals surface area contributed by atoms with E-state index < -0.39 is 37.0 Å². The Morgan fingerprint density at radius 2 is 1.68 bits per heavy atom. The van der Waals surface area contributed by atoms with Crippen LogP contribution in [0.4, 0.5) is 0 Å². The van der Waals surface area contributed by atoms with Gasteiger partial charge in [0.05, 0.1) is 25.7 Å². The van der Waals surface area contributed by atoms with Gasteiger partial charge in [-0.1, -0.05) is 0 Å². The number of rotatable bonds is 10. The summed E-state index contributed by atoms with van der Waals surface area (Å²) >= 11 is 0. The molecule has 0 radical (unpaired) electrons. The van der Waals surface area contributed by atoms with Crippen molar-refractivity contribution >= 4 is 24.1 Å². The largest absolute Gasteiger partial charge is 0.480 e. The van der Waals surface area contributed by atoms with E-state index in [4.69, 9.17) is 15.9 Å². The highest BCUT2D eigenvalue weighted by atomic mass is 16.4. The van der Waals surface area contributed by atoms with Crippen LogP contribution in [0.2, 0.25) is 0 Å². The number of nitrogens with two attached hydrogens (primary N) is 1. The van der Waals surface area contributed by atoms with Gasteiger partial charge in [0.2, 0.25) is 5.91 Å². The van der Waals surface area contributed by atoms with Crippen LogP contribution in [0.15, 0.2) is 0 Å². The molecular formula is C10H17N3O6. The van der Waals surface area contributed by atoms with Gasteiger partial charge in [-0.05, 0) is 6.42 Å². The van der Waals surface area contributed by atoms with Gasteiger partial charge in [0.15, 0.2) is 0 Å². The minimum Gasteiger partial charge on any atom is -0.480 e. The first-order valence-corrected chi connectivity index (χ1v) is 5.48. The molecule has 0 saturated carbocycles. The van der Waals surface area contributed by atoms with E-state index >= 15 is 0 Å². The van der Waals surface area contributed by atoms with E-state index in [9.17, 15) is 19.2 Å². The topological polar surface area (TPSA) is 150 Å². The van der Waals surface area contributed by atoms with Crippen LogP contribution in [0.3, 0.4) is 0 Å². The van der Waals surface area contributed by atoms with Gasteiger partial charge in [-0.3, -0.25) is 19.3 Å². The van der Waals surface area contributed by atoms with Gasteiger partial charge >= 0.3 is 11.9 Å². The normalized spacial score (nSPS) is 11.9. The van der Waals surface area contributed by atoms with Crippen molar-refractivity contribution in [3.63, 3.8) is 0 Å². The third-order valence-corrected chi connectivity index (χ3v) is 2.06. The summed E-state index contributed by atoms with van der Waals surface area (Å²) in [5, 5.41) is 19.6. The zero-order valence-corrected chi connectivity index (χ0v) is 10.2. The van der Waals surface area contributed by atoms with Gasteiger partial charge in [-0.15, -0.1) is 0 Å². The highest BCUT2D eigenvalue weighted by molar-refractivity contribution is 5.80. The molecular weight excluding hydrogens is 258 g/mol. The summed E-state index contributed by atoms with van der Waals surface area (Å²) in [7, 11) is 0. The van der Waals surface area contributed by atoms with Gasteiger partial charge in [-0.2, -0.15) is 0 Å². The van der Waals surface area contributed by atoms with E-state index in [1.807, 2.05) is 0 Å². The molecule has 0 aliphatic rings. The molecule has 9 heteroatoms. The molecule has 0 aliphatic heterocycles. The number of hydrogen-bond acceptors (Lipinski definition) is 6. The van der Waals surface area contributed by atoms with Crippen LogP contribution in [-0.2, 0) is 19.2 Å². The summed E-state index contributed by atoms with van der Waals surface area (Å²) in [6, 6.07) is -0.672. The van der Waals surface area contributed by atoms with Crippen molar-refractivity contribution in [1.29, 1.82) is 0 Å². The second-order valence-electron chi connectivity index (χ2n) is 3.87. The van der Waals surface area contributed by atoms with E-state index in [2.05, 4.69) is 5.32 Å². The Labute approximate surface area is 109 Å².